The summed E-state index contributed by atoms with van der Waals surface area (Å²) in [4.78, 5) is 52.7. The van der Waals surface area contributed by atoms with Crippen molar-refractivity contribution < 1.29 is 28.7 Å². The van der Waals surface area contributed by atoms with Gasteiger partial charge in [-0.1, -0.05) is 18.2 Å². The van der Waals surface area contributed by atoms with Crippen LogP contribution >= 0.6 is 11.5 Å². The van der Waals surface area contributed by atoms with Crippen LogP contribution in [0, 0.1) is 13.8 Å². The number of nitrogens with one attached hydrogen (secondary N) is 1. The Bertz CT molecular complexity index is 1330. The van der Waals surface area contributed by atoms with Crippen molar-refractivity contribution in [3.8, 4) is 5.75 Å². The van der Waals surface area contributed by atoms with E-state index in [1.165, 1.54) is 12.0 Å². The minimum Gasteiger partial charge on any atom is -0.497 e. The van der Waals surface area contributed by atoms with Gasteiger partial charge in [0.1, 0.15) is 23.2 Å². The number of aryl methyl sites for hydroxylation is 2. The van der Waals surface area contributed by atoms with Crippen molar-refractivity contribution in [2.24, 2.45) is 5.73 Å². The molecule has 1 aromatic heterocycles. The quantitative estimate of drug-likeness (QED) is 0.330. The van der Waals surface area contributed by atoms with Crippen molar-refractivity contribution in [3.05, 3.63) is 69.7 Å². The summed E-state index contributed by atoms with van der Waals surface area (Å²) in [6.07, 6.45) is 0. The van der Waals surface area contributed by atoms with E-state index in [0.29, 0.717) is 28.5 Å². The van der Waals surface area contributed by atoms with Crippen LogP contribution < -0.4 is 26.4 Å². The fourth-order valence-corrected chi connectivity index (χ4v) is 4.63. The van der Waals surface area contributed by atoms with Gasteiger partial charge in [0.2, 0.25) is 5.91 Å². The molecule has 0 saturated carbocycles. The Morgan fingerprint density at radius 3 is 2.24 bits per heavy atom. The number of nitrogens with two attached hydrogens (primary N) is 2. The number of nitrogens with zero attached hydrogens (tertiary/aromatic N) is 2. The van der Waals surface area contributed by atoms with Crippen molar-refractivity contribution in [2.45, 2.75) is 26.8 Å². The molecule has 12 heteroatoms. The van der Waals surface area contributed by atoms with Crippen LogP contribution in [-0.4, -0.2) is 48.3 Å². The Labute approximate surface area is 223 Å². The molecule has 0 radical (unpaired) electrons. The van der Waals surface area contributed by atoms with Crippen molar-refractivity contribution in [1.82, 2.24) is 9.69 Å². The summed E-state index contributed by atoms with van der Waals surface area (Å²) in [5.41, 5.74) is 13.5. The van der Waals surface area contributed by atoms with E-state index in [-0.39, 0.29) is 22.9 Å². The number of amides is 3. The third-order valence-electron chi connectivity index (χ3n) is 5.51. The number of aromatic nitrogens is 1. The summed E-state index contributed by atoms with van der Waals surface area (Å²) in [5.74, 6) is -2.29. The zero-order valence-corrected chi connectivity index (χ0v) is 22.3. The Morgan fingerprint density at radius 1 is 1.08 bits per heavy atom. The number of benzene rings is 2. The van der Waals surface area contributed by atoms with Crippen LogP contribution in [0.4, 0.5) is 11.4 Å². The van der Waals surface area contributed by atoms with Crippen LogP contribution in [0.1, 0.15) is 49.8 Å². The monoisotopic (exact) mass is 539 g/mol. The standard InChI is InChI=1S/C26H29N5O6S/c1-5-37-19(32)13-29-25(34)22(16-6-8-18(36-4)9-7-16)31(17-11-14(2)10-15(3)12-17)26(35)23-20(27)21(24(28)33)30-38-23/h6-12,22H,5,13,27H2,1-4H3,(H2,28,33)(H,29,34)/t22-/m1/s1. The fraction of sp³-hybridized carbons (Fsp3) is 0.269. The Morgan fingerprint density at radius 2 is 1.71 bits per heavy atom. The minimum atomic E-state index is -1.25. The molecular formula is C26H29N5O6S. The van der Waals surface area contributed by atoms with E-state index in [9.17, 15) is 19.2 Å². The second-order valence-corrected chi connectivity index (χ2v) is 9.13. The lowest BCUT2D eigenvalue weighted by molar-refractivity contribution is -0.143. The largest absolute Gasteiger partial charge is 0.497 e. The van der Waals surface area contributed by atoms with E-state index in [1.807, 2.05) is 19.9 Å². The van der Waals surface area contributed by atoms with E-state index < -0.39 is 36.3 Å². The molecule has 38 heavy (non-hydrogen) atoms. The summed E-state index contributed by atoms with van der Waals surface area (Å²) >= 11 is 0.706. The first kappa shape index (κ1) is 28.1. The maximum atomic E-state index is 14.1. The second kappa shape index (κ2) is 12.2. The van der Waals surface area contributed by atoms with Gasteiger partial charge in [-0.15, -0.1) is 0 Å². The van der Waals surface area contributed by atoms with E-state index in [0.717, 1.165) is 11.1 Å². The first-order valence-corrected chi connectivity index (χ1v) is 12.4. The van der Waals surface area contributed by atoms with Gasteiger partial charge >= 0.3 is 5.97 Å². The number of rotatable bonds is 10. The average molecular weight is 540 g/mol. The molecule has 2 aromatic carbocycles. The summed E-state index contributed by atoms with van der Waals surface area (Å²) in [6, 6.07) is 10.7. The molecule has 5 N–H and O–H groups in total. The van der Waals surface area contributed by atoms with Gasteiger partial charge in [0, 0.05) is 5.69 Å². The first-order valence-electron chi connectivity index (χ1n) is 11.6. The molecule has 0 saturated heterocycles. The summed E-state index contributed by atoms with van der Waals surface area (Å²) in [7, 11) is 1.51. The molecule has 3 amide bonds. The lowest BCUT2D eigenvalue weighted by atomic mass is 10.0. The van der Waals surface area contributed by atoms with Gasteiger partial charge in [-0.3, -0.25) is 24.1 Å². The van der Waals surface area contributed by atoms with Crippen LogP contribution in [-0.2, 0) is 14.3 Å². The third kappa shape index (κ3) is 6.27. The molecule has 3 aromatic rings. The molecule has 0 aliphatic heterocycles. The van der Waals surface area contributed by atoms with E-state index in [1.54, 1.807) is 43.3 Å². The number of primary amides is 1. The van der Waals surface area contributed by atoms with Crippen LogP contribution in [0.2, 0.25) is 0 Å². The number of anilines is 2. The van der Waals surface area contributed by atoms with Gasteiger partial charge < -0.3 is 26.3 Å². The molecule has 3 rings (SSSR count). The molecule has 200 valence electrons. The fourth-order valence-electron chi connectivity index (χ4n) is 3.88. The number of esters is 1. The molecule has 1 atom stereocenters. The lowest BCUT2D eigenvalue weighted by Gasteiger charge is -2.31. The smallest absolute Gasteiger partial charge is 0.325 e. The molecule has 0 aliphatic rings. The molecular weight excluding hydrogens is 510 g/mol. The van der Waals surface area contributed by atoms with Gasteiger partial charge in [-0.2, -0.15) is 4.37 Å². The molecule has 11 nitrogen and oxygen atoms in total. The number of carbonyl (C=O) groups excluding carboxylic acids is 4. The number of methoxy groups -OCH3 is 1. The highest BCUT2D eigenvalue weighted by Crippen LogP contribution is 2.34. The second-order valence-electron chi connectivity index (χ2n) is 8.36. The van der Waals surface area contributed by atoms with Gasteiger partial charge in [-0.25, -0.2) is 0 Å². The van der Waals surface area contributed by atoms with Crippen LogP contribution in [0.15, 0.2) is 42.5 Å². The van der Waals surface area contributed by atoms with Gasteiger partial charge in [-0.05, 0) is 73.3 Å². The maximum absolute atomic E-state index is 14.1. The first-order chi connectivity index (χ1) is 18.1. The molecule has 0 bridgehead atoms. The number of hydrogen-bond acceptors (Lipinski definition) is 9. The van der Waals surface area contributed by atoms with E-state index in [2.05, 4.69) is 9.69 Å². The summed E-state index contributed by atoms with van der Waals surface area (Å²) in [5, 5.41) is 2.56. The predicted octanol–water partition coefficient (Wildman–Crippen LogP) is 2.52. The number of carbonyl (C=O) groups is 4. The summed E-state index contributed by atoms with van der Waals surface area (Å²) in [6.45, 7) is 5.11. The highest BCUT2D eigenvalue weighted by Gasteiger charge is 2.36. The third-order valence-corrected chi connectivity index (χ3v) is 6.36. The van der Waals surface area contributed by atoms with Gasteiger partial charge in [0.05, 0.1) is 19.4 Å². The average Bonchev–Trinajstić information content (AvgIpc) is 3.26. The van der Waals surface area contributed by atoms with Crippen LogP contribution in [0.3, 0.4) is 0 Å². The Balaban J connectivity index is 2.20. The van der Waals surface area contributed by atoms with Crippen molar-refractivity contribution in [2.75, 3.05) is 30.9 Å². The van der Waals surface area contributed by atoms with Crippen molar-refractivity contribution in [3.63, 3.8) is 0 Å². The predicted molar refractivity (Wildman–Crippen MR) is 143 cm³/mol. The number of nitrogen functional groups attached to an aromatic ring is 1. The van der Waals surface area contributed by atoms with Crippen molar-refractivity contribution in [1.29, 1.82) is 0 Å². The number of hydrogen-bond donors (Lipinski definition) is 3. The summed E-state index contributed by atoms with van der Waals surface area (Å²) < 4.78 is 14.1. The van der Waals surface area contributed by atoms with Gasteiger partial charge in [0.15, 0.2) is 5.69 Å². The minimum absolute atomic E-state index is 0.0605. The van der Waals surface area contributed by atoms with Gasteiger partial charge in [0.25, 0.3) is 11.8 Å². The Kier molecular flexibility index (Phi) is 9.02. The zero-order chi connectivity index (χ0) is 28.0. The number of ether oxygens (including phenoxy) is 2. The van der Waals surface area contributed by atoms with E-state index in [4.69, 9.17) is 20.9 Å². The van der Waals surface area contributed by atoms with E-state index >= 15 is 0 Å². The molecule has 0 spiro atoms. The highest BCUT2D eigenvalue weighted by molar-refractivity contribution is 7.09. The molecule has 1 heterocycles. The highest BCUT2D eigenvalue weighted by atomic mass is 32.1. The molecule has 0 fully saturated rings. The lowest BCUT2D eigenvalue weighted by Crippen LogP contribution is -2.45. The topological polar surface area (TPSA) is 167 Å². The normalized spacial score (nSPS) is 11.4. The maximum Gasteiger partial charge on any atom is 0.325 e. The SMILES string of the molecule is CCOC(=O)CNC(=O)[C@@H](c1ccc(OC)cc1)N(C(=O)c1snc(C(N)=O)c1N)c1cc(C)cc(C)c1. The molecule has 0 aliphatic carbocycles. The molecule has 0 unspecified atom stereocenters. The Hall–Kier alpha value is -4.45. The zero-order valence-electron chi connectivity index (χ0n) is 21.4. The van der Waals surface area contributed by atoms with Crippen LogP contribution in [0.5, 0.6) is 5.75 Å². The van der Waals surface area contributed by atoms with Crippen LogP contribution in [0.25, 0.3) is 0 Å². The van der Waals surface area contributed by atoms with Crippen molar-refractivity contribution >= 4 is 46.6 Å².